The van der Waals surface area contributed by atoms with Crippen molar-refractivity contribution in [1.82, 2.24) is 0 Å². The SMILES string of the molecule is N#CCc1cc(Br)cc(Br)c1N. The third kappa shape index (κ3) is 1.99. The zero-order chi connectivity index (χ0) is 9.14. The second-order valence-electron chi connectivity index (χ2n) is 2.30. The first kappa shape index (κ1) is 9.56. The molecule has 0 saturated carbocycles. The summed E-state index contributed by atoms with van der Waals surface area (Å²) in [4.78, 5) is 0. The van der Waals surface area contributed by atoms with E-state index in [4.69, 9.17) is 11.0 Å². The summed E-state index contributed by atoms with van der Waals surface area (Å²) in [5.74, 6) is 0. The second-order valence-corrected chi connectivity index (χ2v) is 4.07. The molecule has 4 heteroatoms. The highest BCUT2D eigenvalue weighted by Gasteiger charge is 2.04. The van der Waals surface area contributed by atoms with Gasteiger partial charge in [0.15, 0.2) is 0 Å². The van der Waals surface area contributed by atoms with E-state index < -0.39 is 0 Å². The van der Waals surface area contributed by atoms with Crippen LogP contribution in [0.1, 0.15) is 5.56 Å². The summed E-state index contributed by atoms with van der Waals surface area (Å²) in [6.45, 7) is 0. The fourth-order valence-electron chi connectivity index (χ4n) is 0.869. The van der Waals surface area contributed by atoms with Crippen LogP contribution in [0.25, 0.3) is 0 Å². The Morgan fingerprint density at radius 3 is 2.67 bits per heavy atom. The van der Waals surface area contributed by atoms with Gasteiger partial charge in [0.2, 0.25) is 0 Å². The molecule has 0 aliphatic carbocycles. The molecule has 0 spiro atoms. The maximum absolute atomic E-state index is 8.49. The number of nitriles is 1. The molecule has 0 heterocycles. The fraction of sp³-hybridized carbons (Fsp3) is 0.125. The highest BCUT2D eigenvalue weighted by molar-refractivity contribution is 9.11. The Balaban J connectivity index is 3.20. The number of hydrogen-bond acceptors (Lipinski definition) is 2. The lowest BCUT2D eigenvalue weighted by molar-refractivity contribution is 1.26. The third-order valence-electron chi connectivity index (χ3n) is 1.45. The van der Waals surface area contributed by atoms with Gasteiger partial charge in [0.05, 0.1) is 18.2 Å². The van der Waals surface area contributed by atoms with E-state index in [2.05, 4.69) is 37.9 Å². The second kappa shape index (κ2) is 3.92. The number of rotatable bonds is 1. The van der Waals surface area contributed by atoms with Crippen molar-refractivity contribution < 1.29 is 0 Å². The van der Waals surface area contributed by atoms with Gasteiger partial charge >= 0.3 is 0 Å². The molecule has 0 bridgehead atoms. The van der Waals surface area contributed by atoms with E-state index in [9.17, 15) is 0 Å². The van der Waals surface area contributed by atoms with Crippen molar-refractivity contribution in [2.45, 2.75) is 6.42 Å². The van der Waals surface area contributed by atoms with Crippen molar-refractivity contribution in [3.8, 4) is 6.07 Å². The van der Waals surface area contributed by atoms with Gasteiger partial charge in [0.1, 0.15) is 0 Å². The predicted molar refractivity (Wildman–Crippen MR) is 55.6 cm³/mol. The summed E-state index contributed by atoms with van der Waals surface area (Å²) in [6.07, 6.45) is 0.337. The van der Waals surface area contributed by atoms with Gasteiger partial charge in [-0.3, -0.25) is 0 Å². The van der Waals surface area contributed by atoms with Gasteiger partial charge in [-0.15, -0.1) is 0 Å². The number of nitrogens with zero attached hydrogens (tertiary/aromatic N) is 1. The number of nitrogen functional groups attached to an aromatic ring is 1. The smallest absolute Gasteiger partial charge is 0.0670 e. The minimum absolute atomic E-state index is 0.337. The number of hydrogen-bond donors (Lipinski definition) is 1. The Bertz CT molecular complexity index is 342. The molecule has 0 unspecified atom stereocenters. The summed E-state index contributed by atoms with van der Waals surface area (Å²) in [6, 6.07) is 5.77. The molecular formula is C8H6Br2N2. The van der Waals surface area contributed by atoms with Gasteiger partial charge in [0, 0.05) is 8.95 Å². The van der Waals surface area contributed by atoms with Crippen molar-refractivity contribution >= 4 is 37.5 Å². The van der Waals surface area contributed by atoms with E-state index in [1.807, 2.05) is 12.1 Å². The predicted octanol–water partition coefficient (Wildman–Crippen LogP) is 2.86. The van der Waals surface area contributed by atoms with Gasteiger partial charge < -0.3 is 5.73 Å². The Kier molecular flexibility index (Phi) is 3.12. The van der Waals surface area contributed by atoms with Crippen molar-refractivity contribution in [1.29, 1.82) is 5.26 Å². The van der Waals surface area contributed by atoms with Gasteiger partial charge in [-0.1, -0.05) is 15.9 Å². The first-order valence-corrected chi connectivity index (χ1v) is 4.84. The minimum Gasteiger partial charge on any atom is -0.398 e. The van der Waals surface area contributed by atoms with Crippen molar-refractivity contribution in [3.05, 3.63) is 26.6 Å². The normalized spacial score (nSPS) is 9.42. The largest absolute Gasteiger partial charge is 0.398 e. The average molecular weight is 290 g/mol. The fourth-order valence-corrected chi connectivity index (χ4v) is 2.18. The van der Waals surface area contributed by atoms with Crippen molar-refractivity contribution in [3.63, 3.8) is 0 Å². The number of nitrogens with two attached hydrogens (primary N) is 1. The Hall–Kier alpha value is -0.530. The highest BCUT2D eigenvalue weighted by Crippen LogP contribution is 2.28. The molecule has 1 rings (SSSR count). The van der Waals surface area contributed by atoms with E-state index in [0.29, 0.717) is 12.1 Å². The summed E-state index contributed by atoms with van der Waals surface area (Å²) in [7, 11) is 0. The molecule has 0 amide bonds. The molecule has 0 atom stereocenters. The Labute approximate surface area is 87.6 Å². The van der Waals surface area contributed by atoms with E-state index in [1.54, 1.807) is 0 Å². The van der Waals surface area contributed by atoms with E-state index >= 15 is 0 Å². The van der Waals surface area contributed by atoms with Crippen LogP contribution in [0.5, 0.6) is 0 Å². The molecule has 0 fully saturated rings. The van der Waals surface area contributed by atoms with E-state index in [-0.39, 0.29) is 0 Å². The van der Waals surface area contributed by atoms with Crippen LogP contribution in [-0.2, 0) is 6.42 Å². The quantitative estimate of drug-likeness (QED) is 0.808. The molecule has 2 nitrogen and oxygen atoms in total. The topological polar surface area (TPSA) is 49.8 Å². The zero-order valence-electron chi connectivity index (χ0n) is 6.14. The summed E-state index contributed by atoms with van der Waals surface area (Å²) in [5.41, 5.74) is 7.20. The standard InChI is InChI=1S/C8H6Br2N2/c9-6-3-5(1-2-11)8(12)7(10)4-6/h3-4H,1,12H2. The molecule has 0 saturated heterocycles. The zero-order valence-corrected chi connectivity index (χ0v) is 9.31. The summed E-state index contributed by atoms with van der Waals surface area (Å²) >= 11 is 6.62. The first-order valence-electron chi connectivity index (χ1n) is 3.25. The Morgan fingerprint density at radius 1 is 1.42 bits per heavy atom. The first-order chi connectivity index (χ1) is 5.65. The highest BCUT2D eigenvalue weighted by atomic mass is 79.9. The summed E-state index contributed by atoms with van der Waals surface area (Å²) in [5, 5.41) is 8.49. The van der Waals surface area contributed by atoms with Crippen LogP contribution in [0.2, 0.25) is 0 Å². The number of benzene rings is 1. The average Bonchev–Trinajstić information content (AvgIpc) is 2.00. The third-order valence-corrected chi connectivity index (χ3v) is 2.56. The van der Waals surface area contributed by atoms with Crippen LogP contribution in [0.3, 0.4) is 0 Å². The molecule has 0 radical (unpaired) electrons. The van der Waals surface area contributed by atoms with E-state index in [1.165, 1.54) is 0 Å². The van der Waals surface area contributed by atoms with Gasteiger partial charge in [-0.05, 0) is 33.6 Å². The monoisotopic (exact) mass is 288 g/mol. The van der Waals surface area contributed by atoms with Gasteiger partial charge in [-0.2, -0.15) is 5.26 Å². The molecule has 2 N–H and O–H groups in total. The van der Waals surface area contributed by atoms with Crippen LogP contribution >= 0.6 is 31.9 Å². The molecule has 1 aromatic carbocycles. The van der Waals surface area contributed by atoms with Crippen LogP contribution < -0.4 is 5.73 Å². The van der Waals surface area contributed by atoms with Crippen LogP contribution in [-0.4, -0.2) is 0 Å². The van der Waals surface area contributed by atoms with Crippen LogP contribution in [0.4, 0.5) is 5.69 Å². The molecule has 12 heavy (non-hydrogen) atoms. The van der Waals surface area contributed by atoms with Gasteiger partial charge in [-0.25, -0.2) is 0 Å². The summed E-state index contributed by atoms with van der Waals surface area (Å²) < 4.78 is 1.75. The lowest BCUT2D eigenvalue weighted by Gasteiger charge is -2.04. The lowest BCUT2D eigenvalue weighted by atomic mass is 10.1. The number of anilines is 1. The minimum atomic E-state index is 0.337. The van der Waals surface area contributed by atoms with Crippen LogP contribution in [0, 0.1) is 11.3 Å². The molecule has 0 aliphatic heterocycles. The van der Waals surface area contributed by atoms with Crippen molar-refractivity contribution in [2.24, 2.45) is 0 Å². The van der Waals surface area contributed by atoms with Crippen molar-refractivity contribution in [2.75, 3.05) is 5.73 Å². The molecule has 1 aromatic rings. The molecular weight excluding hydrogens is 284 g/mol. The molecule has 62 valence electrons. The number of halogens is 2. The Morgan fingerprint density at radius 2 is 2.08 bits per heavy atom. The lowest BCUT2D eigenvalue weighted by Crippen LogP contribution is -1.94. The maximum Gasteiger partial charge on any atom is 0.0670 e. The van der Waals surface area contributed by atoms with Crippen LogP contribution in [0.15, 0.2) is 21.1 Å². The maximum atomic E-state index is 8.49. The van der Waals surface area contributed by atoms with Gasteiger partial charge in [0.25, 0.3) is 0 Å². The molecule has 0 aliphatic rings. The molecule has 0 aromatic heterocycles. The van der Waals surface area contributed by atoms with E-state index in [0.717, 1.165) is 14.5 Å².